The van der Waals surface area contributed by atoms with Crippen LogP contribution in [0.1, 0.15) is 34.8 Å². The van der Waals surface area contributed by atoms with Gasteiger partial charge in [0.2, 0.25) is 0 Å². The molecule has 182 valence electrons. The first kappa shape index (κ1) is 23.3. The van der Waals surface area contributed by atoms with Gasteiger partial charge in [-0.1, -0.05) is 47.1 Å². The van der Waals surface area contributed by atoms with Gasteiger partial charge < -0.3 is 19.3 Å². The van der Waals surface area contributed by atoms with Crippen LogP contribution in [-0.4, -0.2) is 68.9 Å². The van der Waals surface area contributed by atoms with Gasteiger partial charge in [-0.3, -0.25) is 9.59 Å². The zero-order valence-electron chi connectivity index (χ0n) is 19.3. The molecule has 2 aromatic carbocycles. The van der Waals surface area contributed by atoms with Crippen LogP contribution in [0.5, 0.6) is 5.75 Å². The Hall–Kier alpha value is -3.43. The Balaban J connectivity index is 1.17. The van der Waals surface area contributed by atoms with E-state index in [0.29, 0.717) is 54.9 Å². The van der Waals surface area contributed by atoms with E-state index in [0.717, 1.165) is 5.56 Å². The maximum absolute atomic E-state index is 13.2. The van der Waals surface area contributed by atoms with Crippen LogP contribution < -0.4 is 4.74 Å². The number of carbonyl (C=O) groups is 2. The van der Waals surface area contributed by atoms with Crippen molar-refractivity contribution in [1.29, 1.82) is 0 Å². The molecular formula is C25H26ClN5O4. The molecule has 2 aliphatic rings. The first-order valence-electron chi connectivity index (χ1n) is 11.6. The number of aromatic nitrogens is 3. The van der Waals surface area contributed by atoms with Crippen molar-refractivity contribution in [3.8, 4) is 5.75 Å². The molecule has 1 fully saturated rings. The van der Waals surface area contributed by atoms with Gasteiger partial charge in [-0.25, -0.2) is 4.68 Å². The van der Waals surface area contributed by atoms with Gasteiger partial charge in [0, 0.05) is 31.2 Å². The smallest absolute Gasteiger partial charge is 0.276 e. The molecule has 0 unspecified atom stereocenters. The lowest BCUT2D eigenvalue weighted by molar-refractivity contribution is -0.139. The van der Waals surface area contributed by atoms with E-state index in [2.05, 4.69) is 10.3 Å². The molecule has 1 saturated heterocycles. The normalized spacial score (nSPS) is 18.6. The minimum Gasteiger partial charge on any atom is -0.481 e. The largest absolute Gasteiger partial charge is 0.481 e. The lowest BCUT2D eigenvalue weighted by Gasteiger charge is -2.35. The molecule has 2 aliphatic heterocycles. The molecule has 35 heavy (non-hydrogen) atoms. The molecule has 0 N–H and O–H groups in total. The molecule has 0 aliphatic carbocycles. The molecule has 1 aromatic heterocycles. The van der Waals surface area contributed by atoms with Gasteiger partial charge in [0.05, 0.1) is 18.8 Å². The summed E-state index contributed by atoms with van der Waals surface area (Å²) in [7, 11) is 0. The first-order valence-corrected chi connectivity index (χ1v) is 12.0. The van der Waals surface area contributed by atoms with Crippen LogP contribution in [0, 0.1) is 0 Å². The van der Waals surface area contributed by atoms with Crippen LogP contribution in [0.15, 0.2) is 54.6 Å². The number of halogens is 1. The maximum Gasteiger partial charge on any atom is 0.276 e. The maximum atomic E-state index is 13.2. The predicted octanol–water partition coefficient (Wildman–Crippen LogP) is 2.95. The summed E-state index contributed by atoms with van der Waals surface area (Å²) in [6.45, 7) is 4.17. The second kappa shape index (κ2) is 10.1. The monoisotopic (exact) mass is 495 g/mol. The highest BCUT2D eigenvalue weighted by Gasteiger charge is 2.33. The van der Waals surface area contributed by atoms with Crippen LogP contribution in [0.25, 0.3) is 0 Å². The average molecular weight is 496 g/mol. The highest BCUT2D eigenvalue weighted by Crippen LogP contribution is 2.28. The van der Waals surface area contributed by atoms with E-state index in [-0.39, 0.29) is 24.5 Å². The van der Waals surface area contributed by atoms with Crippen LogP contribution in [0.2, 0.25) is 5.02 Å². The molecule has 0 radical (unpaired) electrons. The summed E-state index contributed by atoms with van der Waals surface area (Å²) in [6.07, 6.45) is -0.784. The Labute approximate surface area is 208 Å². The molecule has 0 spiro atoms. The van der Waals surface area contributed by atoms with Crippen molar-refractivity contribution in [2.24, 2.45) is 0 Å². The minimum atomic E-state index is -0.602. The van der Waals surface area contributed by atoms with Crippen molar-refractivity contribution in [3.05, 3.63) is 76.6 Å². The van der Waals surface area contributed by atoms with Crippen LogP contribution in [0.3, 0.4) is 0 Å². The molecule has 10 heteroatoms. The Morgan fingerprint density at radius 2 is 1.71 bits per heavy atom. The Bertz CT molecular complexity index is 1190. The van der Waals surface area contributed by atoms with E-state index in [1.54, 1.807) is 21.4 Å². The molecule has 2 amide bonds. The number of para-hydroxylation sites is 1. The summed E-state index contributed by atoms with van der Waals surface area (Å²) in [5, 5.41) is 9.03. The number of nitrogens with zero attached hydrogens (tertiary/aromatic N) is 5. The number of hydrogen-bond acceptors (Lipinski definition) is 6. The van der Waals surface area contributed by atoms with Crippen LogP contribution >= 0.6 is 11.6 Å². The molecule has 3 aromatic rings. The van der Waals surface area contributed by atoms with Crippen molar-refractivity contribution < 1.29 is 19.1 Å². The lowest BCUT2D eigenvalue weighted by Crippen LogP contribution is -2.53. The molecule has 0 bridgehead atoms. The number of fused-ring (bicyclic) bond motifs is 1. The summed E-state index contributed by atoms with van der Waals surface area (Å²) in [5.41, 5.74) is 1.97. The van der Waals surface area contributed by atoms with Gasteiger partial charge in [-0.2, -0.15) is 0 Å². The first-order chi connectivity index (χ1) is 17.0. The number of benzene rings is 2. The summed E-state index contributed by atoms with van der Waals surface area (Å²) in [5.74, 6) is 0.365. The van der Waals surface area contributed by atoms with Crippen LogP contribution in [0.4, 0.5) is 0 Å². The second-order valence-electron chi connectivity index (χ2n) is 8.61. The Morgan fingerprint density at radius 3 is 2.43 bits per heavy atom. The van der Waals surface area contributed by atoms with Crippen molar-refractivity contribution >= 4 is 23.4 Å². The highest BCUT2D eigenvalue weighted by molar-refractivity contribution is 6.30. The van der Waals surface area contributed by atoms with Gasteiger partial charge in [0.25, 0.3) is 11.8 Å². The summed E-state index contributed by atoms with van der Waals surface area (Å²) in [6, 6.07) is 16.8. The summed E-state index contributed by atoms with van der Waals surface area (Å²) >= 11 is 5.98. The van der Waals surface area contributed by atoms with Crippen molar-refractivity contribution in [3.63, 3.8) is 0 Å². The lowest BCUT2D eigenvalue weighted by atomic mass is 10.1. The molecule has 0 saturated carbocycles. The van der Waals surface area contributed by atoms with Gasteiger partial charge >= 0.3 is 0 Å². The third-order valence-electron chi connectivity index (χ3n) is 6.32. The Morgan fingerprint density at radius 1 is 1.03 bits per heavy atom. The summed E-state index contributed by atoms with van der Waals surface area (Å²) in [4.78, 5) is 29.4. The number of carbonyl (C=O) groups excluding carboxylic acids is 2. The van der Waals surface area contributed by atoms with E-state index < -0.39 is 6.10 Å². The van der Waals surface area contributed by atoms with Crippen molar-refractivity contribution in [2.45, 2.75) is 32.3 Å². The van der Waals surface area contributed by atoms with E-state index >= 15 is 0 Å². The topological polar surface area (TPSA) is 89.8 Å². The Kier molecular flexibility index (Phi) is 6.70. The fourth-order valence-electron chi connectivity index (χ4n) is 4.35. The molecule has 5 rings (SSSR count). The summed E-state index contributed by atoms with van der Waals surface area (Å²) < 4.78 is 13.5. The average Bonchev–Trinajstić information content (AvgIpc) is 3.32. The number of piperazine rings is 1. The van der Waals surface area contributed by atoms with Gasteiger partial charge in [0.15, 0.2) is 11.8 Å². The minimum absolute atomic E-state index is 0.0939. The van der Waals surface area contributed by atoms with Gasteiger partial charge in [-0.15, -0.1) is 5.10 Å². The van der Waals surface area contributed by atoms with Gasteiger partial charge in [-0.05, 0) is 36.8 Å². The second-order valence-corrected chi connectivity index (χ2v) is 9.05. The quantitative estimate of drug-likeness (QED) is 0.540. The molecular weight excluding hydrogens is 470 g/mol. The third kappa shape index (κ3) is 5.01. The van der Waals surface area contributed by atoms with Crippen molar-refractivity contribution in [2.75, 3.05) is 26.2 Å². The number of ether oxygens (including phenoxy) is 2. The van der Waals surface area contributed by atoms with E-state index in [4.69, 9.17) is 21.1 Å². The predicted molar refractivity (Wildman–Crippen MR) is 128 cm³/mol. The zero-order valence-corrected chi connectivity index (χ0v) is 20.1. The molecule has 9 nitrogen and oxygen atoms in total. The fourth-order valence-corrected chi connectivity index (χ4v) is 4.47. The molecule has 2 atom stereocenters. The van der Waals surface area contributed by atoms with Crippen molar-refractivity contribution in [1.82, 2.24) is 24.8 Å². The highest BCUT2D eigenvalue weighted by atomic mass is 35.5. The zero-order chi connectivity index (χ0) is 24.4. The SMILES string of the molecule is C[C@@H](Oc1ccccc1)C(=O)N1CCN(C(=O)c2nnn3c2CO[C@H](c2ccc(Cl)cc2)C3)CC1. The van der Waals surface area contributed by atoms with Crippen LogP contribution in [-0.2, 0) is 22.7 Å². The van der Waals surface area contributed by atoms with E-state index in [9.17, 15) is 9.59 Å². The third-order valence-corrected chi connectivity index (χ3v) is 6.58. The van der Waals surface area contributed by atoms with E-state index in [1.165, 1.54) is 0 Å². The number of amides is 2. The fraction of sp³-hybridized carbons (Fsp3) is 0.360. The number of hydrogen-bond donors (Lipinski definition) is 0. The van der Waals surface area contributed by atoms with E-state index in [1.807, 2.05) is 54.6 Å². The standard InChI is InChI=1S/C25H26ClN5O4/c1-17(35-20-5-3-2-4-6-20)24(32)29-11-13-30(14-12-29)25(33)23-21-16-34-22(15-31(21)28-27-23)18-7-9-19(26)10-8-18/h2-10,17,22H,11-16H2,1H3/t17-,22+/m1/s1. The number of rotatable bonds is 5. The molecule has 3 heterocycles. The van der Waals surface area contributed by atoms with Gasteiger partial charge in [0.1, 0.15) is 11.9 Å².